The molecular weight excluding hydrogens is 713 g/mol. The summed E-state index contributed by atoms with van der Waals surface area (Å²) in [6.45, 7) is 3.93. The maximum Gasteiger partial charge on any atom is 0.303 e. The number of aryl methyl sites for hydroxylation is 1. The zero-order valence-electron chi connectivity index (χ0n) is 15.8. The number of nitrogens with zero attached hydrogens (tertiary/aromatic N) is 1. The van der Waals surface area contributed by atoms with Crippen LogP contribution in [0.25, 0.3) is 0 Å². The number of carboxylic acid groups (broad SMARTS) is 1. The van der Waals surface area contributed by atoms with Crippen LogP contribution in [-0.4, -0.2) is 29.4 Å². The van der Waals surface area contributed by atoms with Gasteiger partial charge in [0.05, 0.1) is 14.8 Å². The topological polar surface area (TPSA) is 86.7 Å². The first-order valence-electron chi connectivity index (χ1n) is 8.73. The van der Waals surface area contributed by atoms with Crippen molar-refractivity contribution in [3.8, 4) is 0 Å². The van der Waals surface area contributed by atoms with Crippen LogP contribution in [-0.2, 0) is 16.0 Å². The maximum absolute atomic E-state index is 13.0. The normalized spacial score (nSPS) is 10.5. The fraction of sp³-hybridized carbons (Fsp3) is 0.250. The third-order valence-electron chi connectivity index (χ3n) is 4.18. The lowest BCUT2D eigenvalue weighted by atomic mass is 10.1. The van der Waals surface area contributed by atoms with Crippen molar-refractivity contribution in [2.75, 3.05) is 16.8 Å². The number of halogens is 3. The average Bonchev–Trinajstić information content (AvgIpc) is 2.63. The molecule has 2 amide bonds. The molecule has 0 saturated carbocycles. The number of amides is 2. The van der Waals surface area contributed by atoms with E-state index in [1.807, 2.05) is 25.1 Å². The van der Waals surface area contributed by atoms with Crippen molar-refractivity contribution in [2.45, 2.75) is 26.7 Å². The highest BCUT2D eigenvalue weighted by Gasteiger charge is 2.24. The molecule has 2 N–H and O–H groups in total. The summed E-state index contributed by atoms with van der Waals surface area (Å²) in [7, 11) is 0. The van der Waals surface area contributed by atoms with Crippen LogP contribution < -0.4 is 10.2 Å². The molecule has 0 radical (unpaired) electrons. The standard InChI is InChI=1S/C20H19I3N2O4/c1-3-25(11(2)26)19-15(22)10-14(21)17(18(19)23)20(29)24-13-7-4-12(5-8-13)6-9-16(27)28/h4-5,7-8,10H,3,6,9H2,1-2H3,(H,24,29)(H,27,28). The molecule has 2 rings (SSSR count). The van der Waals surface area contributed by atoms with Gasteiger partial charge in [-0.1, -0.05) is 12.1 Å². The van der Waals surface area contributed by atoms with Crippen molar-refractivity contribution in [1.82, 2.24) is 0 Å². The van der Waals surface area contributed by atoms with Gasteiger partial charge in [0.25, 0.3) is 5.91 Å². The van der Waals surface area contributed by atoms with Gasteiger partial charge in [0.15, 0.2) is 0 Å². The number of benzene rings is 2. The third-order valence-corrected chi connectivity index (χ3v) is 6.90. The Morgan fingerprint density at radius 2 is 1.69 bits per heavy atom. The van der Waals surface area contributed by atoms with Crippen LogP contribution in [0, 0.1) is 10.7 Å². The van der Waals surface area contributed by atoms with Crippen molar-refractivity contribution >= 4 is 96.9 Å². The molecule has 2 aromatic carbocycles. The fourth-order valence-electron chi connectivity index (χ4n) is 2.77. The predicted octanol–water partition coefficient (Wildman–Crippen LogP) is 5.14. The SMILES string of the molecule is CCN(C(C)=O)c1c(I)cc(I)c(C(=O)Nc2ccc(CCC(=O)O)cc2)c1I. The van der Waals surface area contributed by atoms with Crippen molar-refractivity contribution in [1.29, 1.82) is 0 Å². The van der Waals surface area contributed by atoms with Crippen LogP contribution in [0.5, 0.6) is 0 Å². The maximum atomic E-state index is 13.0. The van der Waals surface area contributed by atoms with Crippen molar-refractivity contribution in [3.05, 3.63) is 52.2 Å². The van der Waals surface area contributed by atoms with Gasteiger partial charge in [-0.25, -0.2) is 0 Å². The van der Waals surface area contributed by atoms with Crippen LogP contribution in [0.2, 0.25) is 0 Å². The van der Waals surface area contributed by atoms with E-state index in [4.69, 9.17) is 5.11 Å². The Morgan fingerprint density at radius 3 is 2.21 bits per heavy atom. The van der Waals surface area contributed by atoms with Crippen molar-refractivity contribution in [2.24, 2.45) is 0 Å². The van der Waals surface area contributed by atoms with Gasteiger partial charge in [-0.15, -0.1) is 0 Å². The van der Waals surface area contributed by atoms with Crippen LogP contribution >= 0.6 is 67.8 Å². The molecule has 0 spiro atoms. The molecule has 0 heterocycles. The van der Waals surface area contributed by atoms with Crippen molar-refractivity contribution in [3.63, 3.8) is 0 Å². The van der Waals surface area contributed by atoms with E-state index in [-0.39, 0.29) is 18.2 Å². The van der Waals surface area contributed by atoms with Gasteiger partial charge in [0.1, 0.15) is 0 Å². The largest absolute Gasteiger partial charge is 0.481 e. The minimum Gasteiger partial charge on any atom is -0.481 e. The lowest BCUT2D eigenvalue weighted by Crippen LogP contribution is -2.30. The number of rotatable bonds is 7. The van der Waals surface area contributed by atoms with Gasteiger partial charge in [0, 0.05) is 32.7 Å². The Kier molecular flexibility index (Phi) is 9.13. The molecule has 6 nitrogen and oxygen atoms in total. The molecule has 0 saturated heterocycles. The minimum atomic E-state index is -0.840. The predicted molar refractivity (Wildman–Crippen MR) is 139 cm³/mol. The first-order valence-corrected chi connectivity index (χ1v) is 12.0. The number of hydrogen-bond donors (Lipinski definition) is 2. The fourth-order valence-corrected chi connectivity index (χ4v) is 7.22. The van der Waals surface area contributed by atoms with Crippen LogP contribution in [0.1, 0.15) is 36.2 Å². The quantitative estimate of drug-likeness (QED) is 0.387. The summed E-state index contributed by atoms with van der Waals surface area (Å²) in [6.07, 6.45) is 0.509. The van der Waals surface area contributed by atoms with Crippen LogP contribution in [0.3, 0.4) is 0 Å². The Bertz CT molecular complexity index is 946. The minimum absolute atomic E-state index is 0.0671. The summed E-state index contributed by atoms with van der Waals surface area (Å²) < 4.78 is 2.44. The number of carbonyl (C=O) groups excluding carboxylic acids is 2. The first kappa shape index (κ1) is 24.3. The number of carboxylic acids is 1. The van der Waals surface area contributed by atoms with E-state index >= 15 is 0 Å². The van der Waals surface area contributed by atoms with E-state index in [1.54, 1.807) is 17.0 Å². The lowest BCUT2D eigenvalue weighted by Gasteiger charge is -2.24. The second-order valence-corrected chi connectivity index (χ2v) is 9.59. The summed E-state index contributed by atoms with van der Waals surface area (Å²) in [5, 5.41) is 11.7. The average molecular weight is 732 g/mol. The summed E-state index contributed by atoms with van der Waals surface area (Å²) in [5.41, 5.74) is 2.79. The van der Waals surface area contributed by atoms with Gasteiger partial charge < -0.3 is 15.3 Å². The highest BCUT2D eigenvalue weighted by molar-refractivity contribution is 14.1. The van der Waals surface area contributed by atoms with Gasteiger partial charge in [-0.2, -0.15) is 0 Å². The molecule has 0 bridgehead atoms. The van der Waals surface area contributed by atoms with E-state index < -0.39 is 5.97 Å². The molecule has 29 heavy (non-hydrogen) atoms. The number of nitrogens with one attached hydrogen (secondary N) is 1. The first-order chi connectivity index (χ1) is 13.6. The Hall–Kier alpha value is -0.960. The second kappa shape index (κ2) is 10.9. The molecule has 0 unspecified atom stereocenters. The van der Waals surface area contributed by atoms with E-state index in [9.17, 15) is 14.4 Å². The zero-order valence-corrected chi connectivity index (χ0v) is 22.2. The molecule has 0 aliphatic rings. The van der Waals surface area contributed by atoms with E-state index in [0.717, 1.165) is 22.0 Å². The highest BCUT2D eigenvalue weighted by Crippen LogP contribution is 2.35. The molecule has 154 valence electrons. The van der Waals surface area contributed by atoms with Gasteiger partial charge in [-0.3, -0.25) is 14.4 Å². The van der Waals surface area contributed by atoms with Crippen molar-refractivity contribution < 1.29 is 19.5 Å². The molecule has 0 aliphatic carbocycles. The van der Waals surface area contributed by atoms with Gasteiger partial charge in [-0.05, 0) is 105 Å². The molecule has 2 aromatic rings. The Morgan fingerprint density at radius 1 is 1.07 bits per heavy atom. The van der Waals surface area contributed by atoms with Crippen LogP contribution in [0.4, 0.5) is 11.4 Å². The Balaban J connectivity index is 2.31. The van der Waals surface area contributed by atoms with E-state index in [2.05, 4.69) is 73.1 Å². The van der Waals surface area contributed by atoms with Gasteiger partial charge >= 0.3 is 5.97 Å². The molecule has 0 fully saturated rings. The summed E-state index contributed by atoms with van der Waals surface area (Å²) >= 11 is 6.44. The monoisotopic (exact) mass is 732 g/mol. The molecular formula is C20H19I3N2O4. The molecule has 0 atom stereocenters. The number of hydrogen-bond acceptors (Lipinski definition) is 3. The summed E-state index contributed by atoms with van der Waals surface area (Å²) in [6, 6.07) is 9.03. The number of aliphatic carboxylic acids is 1. The van der Waals surface area contributed by atoms with Gasteiger partial charge in [0.2, 0.25) is 5.91 Å². The Labute approximate surface area is 210 Å². The number of carbonyl (C=O) groups is 3. The second-order valence-electron chi connectivity index (χ2n) is 6.19. The summed E-state index contributed by atoms with van der Waals surface area (Å²) in [5.74, 6) is -1.17. The summed E-state index contributed by atoms with van der Waals surface area (Å²) in [4.78, 5) is 37.4. The van der Waals surface area contributed by atoms with E-state index in [1.165, 1.54) is 6.92 Å². The lowest BCUT2D eigenvalue weighted by molar-refractivity contribution is -0.137. The highest BCUT2D eigenvalue weighted by atomic mass is 127. The molecule has 9 heteroatoms. The smallest absolute Gasteiger partial charge is 0.303 e. The molecule has 0 aromatic heterocycles. The van der Waals surface area contributed by atoms with Crippen LogP contribution in [0.15, 0.2) is 30.3 Å². The zero-order chi connectivity index (χ0) is 21.7. The number of anilines is 2. The van der Waals surface area contributed by atoms with E-state index in [0.29, 0.717) is 24.2 Å². The molecule has 0 aliphatic heterocycles. The third kappa shape index (κ3) is 6.26.